The van der Waals surface area contributed by atoms with Crippen LogP contribution >= 0.6 is 11.6 Å². The number of amides is 2. The molecule has 3 unspecified atom stereocenters. The first-order valence-corrected chi connectivity index (χ1v) is 5.92. The minimum absolute atomic E-state index is 0.361. The standard InChI is InChI=1S/C12H13ClN2O3/c1-6-9(11(16)17)10(15-12(18)14-6)7-2-4-8(13)5-3-7/h2-6,9-10H,1H3,(H,16,17)(H2,14,15,18). The van der Waals surface area contributed by atoms with Crippen molar-refractivity contribution in [3.8, 4) is 0 Å². The van der Waals surface area contributed by atoms with Crippen molar-refractivity contribution in [3.05, 3.63) is 34.9 Å². The number of urea groups is 1. The molecule has 1 fully saturated rings. The highest BCUT2D eigenvalue weighted by molar-refractivity contribution is 6.30. The molecule has 0 spiro atoms. The third-order valence-electron chi connectivity index (χ3n) is 3.06. The Balaban J connectivity index is 2.34. The van der Waals surface area contributed by atoms with Gasteiger partial charge in [0, 0.05) is 11.1 Å². The van der Waals surface area contributed by atoms with Crippen LogP contribution in [0.5, 0.6) is 0 Å². The van der Waals surface area contributed by atoms with Crippen molar-refractivity contribution < 1.29 is 14.7 Å². The third-order valence-corrected chi connectivity index (χ3v) is 3.31. The van der Waals surface area contributed by atoms with E-state index in [0.29, 0.717) is 5.02 Å². The van der Waals surface area contributed by atoms with Crippen molar-refractivity contribution >= 4 is 23.6 Å². The number of hydrogen-bond acceptors (Lipinski definition) is 2. The molecule has 96 valence electrons. The fraction of sp³-hybridized carbons (Fsp3) is 0.333. The Morgan fingerprint density at radius 2 is 1.89 bits per heavy atom. The van der Waals surface area contributed by atoms with E-state index in [1.165, 1.54) is 0 Å². The van der Waals surface area contributed by atoms with Gasteiger partial charge in [-0.2, -0.15) is 0 Å². The Morgan fingerprint density at radius 3 is 2.44 bits per heavy atom. The SMILES string of the molecule is CC1NC(=O)NC(c2ccc(Cl)cc2)C1C(=O)O. The zero-order chi connectivity index (χ0) is 13.3. The number of carboxylic acids is 1. The number of carbonyl (C=O) groups is 2. The predicted octanol–water partition coefficient (Wildman–Crippen LogP) is 1.78. The molecule has 1 aromatic carbocycles. The maximum atomic E-state index is 11.5. The molecular weight excluding hydrogens is 256 g/mol. The number of nitrogens with one attached hydrogen (secondary N) is 2. The molecule has 18 heavy (non-hydrogen) atoms. The molecule has 2 amide bonds. The minimum atomic E-state index is -0.949. The van der Waals surface area contributed by atoms with Gasteiger partial charge in [-0.3, -0.25) is 4.79 Å². The number of carboxylic acid groups (broad SMARTS) is 1. The number of carbonyl (C=O) groups excluding carboxylic acids is 1. The van der Waals surface area contributed by atoms with Gasteiger partial charge in [-0.1, -0.05) is 23.7 Å². The van der Waals surface area contributed by atoms with Crippen molar-refractivity contribution in [1.29, 1.82) is 0 Å². The van der Waals surface area contributed by atoms with E-state index in [9.17, 15) is 14.7 Å². The molecule has 1 aromatic rings. The molecule has 0 aliphatic carbocycles. The van der Waals surface area contributed by atoms with Gasteiger partial charge in [0.2, 0.25) is 0 Å². The Hall–Kier alpha value is -1.75. The molecule has 3 atom stereocenters. The molecule has 1 heterocycles. The van der Waals surface area contributed by atoms with Crippen LogP contribution in [-0.4, -0.2) is 23.1 Å². The van der Waals surface area contributed by atoms with E-state index in [2.05, 4.69) is 10.6 Å². The number of halogens is 1. The molecular formula is C12H13ClN2O3. The molecule has 2 rings (SSSR count). The fourth-order valence-corrected chi connectivity index (χ4v) is 2.30. The Morgan fingerprint density at radius 1 is 1.28 bits per heavy atom. The van der Waals surface area contributed by atoms with Gasteiger partial charge in [-0.05, 0) is 24.6 Å². The summed E-state index contributed by atoms with van der Waals surface area (Å²) in [6, 6.07) is 5.45. The molecule has 0 bridgehead atoms. The number of hydrogen-bond donors (Lipinski definition) is 3. The van der Waals surface area contributed by atoms with Gasteiger partial charge in [0.25, 0.3) is 0 Å². The molecule has 1 aliphatic heterocycles. The lowest BCUT2D eigenvalue weighted by atomic mass is 9.86. The first-order chi connectivity index (χ1) is 8.49. The molecule has 6 heteroatoms. The highest BCUT2D eigenvalue weighted by atomic mass is 35.5. The summed E-state index contributed by atoms with van der Waals surface area (Å²) in [5.74, 6) is -1.67. The summed E-state index contributed by atoms with van der Waals surface area (Å²) in [6.45, 7) is 1.68. The average Bonchev–Trinajstić information content (AvgIpc) is 2.28. The maximum absolute atomic E-state index is 11.5. The van der Waals surface area contributed by atoms with Gasteiger partial charge < -0.3 is 15.7 Å². The first kappa shape index (κ1) is 12.7. The van der Waals surface area contributed by atoms with Crippen molar-refractivity contribution in [3.63, 3.8) is 0 Å². The second-order valence-electron chi connectivity index (χ2n) is 4.30. The summed E-state index contributed by atoms with van der Waals surface area (Å²) in [4.78, 5) is 22.8. The van der Waals surface area contributed by atoms with E-state index in [0.717, 1.165) is 5.56 Å². The lowest BCUT2D eigenvalue weighted by Crippen LogP contribution is -2.57. The van der Waals surface area contributed by atoms with Gasteiger partial charge in [-0.25, -0.2) is 4.79 Å². The monoisotopic (exact) mass is 268 g/mol. The van der Waals surface area contributed by atoms with Gasteiger partial charge in [0.15, 0.2) is 0 Å². The van der Waals surface area contributed by atoms with E-state index in [1.54, 1.807) is 31.2 Å². The van der Waals surface area contributed by atoms with Crippen LogP contribution in [0.15, 0.2) is 24.3 Å². The van der Waals surface area contributed by atoms with Crippen molar-refractivity contribution in [2.45, 2.75) is 19.0 Å². The molecule has 0 saturated carbocycles. The van der Waals surface area contributed by atoms with Crippen LogP contribution in [0.2, 0.25) is 5.02 Å². The van der Waals surface area contributed by atoms with Crippen LogP contribution in [0.25, 0.3) is 0 Å². The lowest BCUT2D eigenvalue weighted by Gasteiger charge is -2.35. The van der Waals surface area contributed by atoms with E-state index < -0.39 is 24.0 Å². The second kappa shape index (κ2) is 4.86. The van der Waals surface area contributed by atoms with Crippen molar-refractivity contribution in [2.75, 3.05) is 0 Å². The smallest absolute Gasteiger partial charge is 0.315 e. The molecule has 3 N–H and O–H groups in total. The first-order valence-electron chi connectivity index (χ1n) is 5.54. The Bertz CT molecular complexity index is 475. The van der Waals surface area contributed by atoms with Crippen LogP contribution in [0, 0.1) is 5.92 Å². The highest BCUT2D eigenvalue weighted by Gasteiger charge is 2.39. The van der Waals surface area contributed by atoms with E-state index >= 15 is 0 Å². The normalized spacial score (nSPS) is 27.2. The van der Waals surface area contributed by atoms with E-state index in [4.69, 9.17) is 11.6 Å². The quantitative estimate of drug-likeness (QED) is 0.765. The second-order valence-corrected chi connectivity index (χ2v) is 4.74. The zero-order valence-corrected chi connectivity index (χ0v) is 10.4. The number of aliphatic carboxylic acids is 1. The maximum Gasteiger partial charge on any atom is 0.315 e. The van der Waals surface area contributed by atoms with Crippen LogP contribution < -0.4 is 10.6 Å². The minimum Gasteiger partial charge on any atom is -0.481 e. The largest absolute Gasteiger partial charge is 0.481 e. The van der Waals surface area contributed by atoms with E-state index in [-0.39, 0.29) is 6.03 Å². The van der Waals surface area contributed by atoms with Crippen LogP contribution in [-0.2, 0) is 4.79 Å². The average molecular weight is 269 g/mol. The molecule has 1 saturated heterocycles. The van der Waals surface area contributed by atoms with Gasteiger partial charge in [-0.15, -0.1) is 0 Å². The van der Waals surface area contributed by atoms with E-state index in [1.807, 2.05) is 0 Å². The molecule has 0 aromatic heterocycles. The summed E-state index contributed by atoms with van der Waals surface area (Å²) in [5.41, 5.74) is 0.730. The number of rotatable bonds is 2. The van der Waals surface area contributed by atoms with Crippen molar-refractivity contribution in [2.24, 2.45) is 5.92 Å². The van der Waals surface area contributed by atoms with Crippen molar-refractivity contribution in [1.82, 2.24) is 10.6 Å². The van der Waals surface area contributed by atoms with Crippen LogP contribution in [0.4, 0.5) is 4.79 Å². The van der Waals surface area contributed by atoms with Crippen LogP contribution in [0.3, 0.4) is 0 Å². The Labute approximate surface area is 109 Å². The summed E-state index contributed by atoms with van der Waals surface area (Å²) in [6.07, 6.45) is 0. The summed E-state index contributed by atoms with van der Waals surface area (Å²) < 4.78 is 0. The topological polar surface area (TPSA) is 78.4 Å². The zero-order valence-electron chi connectivity index (χ0n) is 9.68. The third kappa shape index (κ3) is 2.41. The summed E-state index contributed by atoms with van der Waals surface area (Å²) in [5, 5.41) is 15.0. The summed E-state index contributed by atoms with van der Waals surface area (Å²) in [7, 11) is 0. The fourth-order valence-electron chi connectivity index (χ4n) is 2.18. The van der Waals surface area contributed by atoms with Gasteiger partial charge >= 0.3 is 12.0 Å². The summed E-state index contributed by atoms with van der Waals surface area (Å²) >= 11 is 5.79. The van der Waals surface area contributed by atoms with Gasteiger partial charge in [0.1, 0.15) is 5.92 Å². The predicted molar refractivity (Wildman–Crippen MR) is 66.4 cm³/mol. The van der Waals surface area contributed by atoms with Gasteiger partial charge in [0.05, 0.1) is 6.04 Å². The highest BCUT2D eigenvalue weighted by Crippen LogP contribution is 2.28. The molecule has 1 aliphatic rings. The number of benzene rings is 1. The molecule has 0 radical (unpaired) electrons. The molecule has 5 nitrogen and oxygen atoms in total. The Kier molecular flexibility index (Phi) is 3.43. The lowest BCUT2D eigenvalue weighted by molar-refractivity contribution is -0.144. The van der Waals surface area contributed by atoms with Crippen LogP contribution in [0.1, 0.15) is 18.5 Å².